The van der Waals surface area contributed by atoms with E-state index >= 15 is 0 Å². The Bertz CT molecular complexity index is 841. The summed E-state index contributed by atoms with van der Waals surface area (Å²) in [5.41, 5.74) is 5.32. The first-order chi connectivity index (χ1) is 13.4. The van der Waals surface area contributed by atoms with Crippen LogP contribution in [0.3, 0.4) is 0 Å². The first kappa shape index (κ1) is 25.9. The molecule has 0 aliphatic heterocycles. The van der Waals surface area contributed by atoms with E-state index in [1.54, 1.807) is 10.6 Å². The molecule has 2 heterocycles. The molecule has 0 aliphatic rings. The van der Waals surface area contributed by atoms with Crippen LogP contribution in [0.1, 0.15) is 65.6 Å². The number of hydrogen-bond acceptors (Lipinski definition) is 6. The number of allylic oxidation sites excluding steroid dienone is 1. The number of aryl methyl sites for hydroxylation is 2. The zero-order chi connectivity index (χ0) is 21.7. The monoisotopic (exact) mass is 405 g/mol. The second-order valence-corrected chi connectivity index (χ2v) is 6.80. The maximum atomic E-state index is 12.8. The van der Waals surface area contributed by atoms with Gasteiger partial charge in [-0.05, 0) is 33.1 Å². The van der Waals surface area contributed by atoms with Crippen molar-refractivity contribution in [3.05, 3.63) is 33.8 Å². The summed E-state index contributed by atoms with van der Waals surface area (Å²) >= 11 is 1.46. The highest BCUT2D eigenvalue weighted by Gasteiger charge is 2.15. The number of nitrogens with one attached hydrogen (secondary N) is 1. The fourth-order valence-corrected chi connectivity index (χ4v) is 2.71. The Morgan fingerprint density at radius 1 is 1.25 bits per heavy atom. The van der Waals surface area contributed by atoms with Crippen molar-refractivity contribution in [2.24, 2.45) is 5.10 Å². The summed E-state index contributed by atoms with van der Waals surface area (Å²) in [4.78, 5) is 21.7. The highest BCUT2D eigenvalue weighted by atomic mass is 32.2. The molecule has 0 saturated heterocycles. The van der Waals surface area contributed by atoms with Crippen LogP contribution in [0.25, 0.3) is 16.7 Å². The predicted octanol–water partition coefficient (Wildman–Crippen LogP) is 5.24. The minimum atomic E-state index is -0.107. The molecule has 7 heteroatoms. The molecule has 28 heavy (non-hydrogen) atoms. The number of nitrogens with zero attached hydrogens (tertiary/aromatic N) is 4. The molecule has 2 rings (SSSR count). The van der Waals surface area contributed by atoms with Gasteiger partial charge in [-0.25, -0.2) is 9.97 Å². The Labute approximate surface area is 173 Å². The Morgan fingerprint density at radius 2 is 1.82 bits per heavy atom. The average molecular weight is 406 g/mol. The Kier molecular flexibility index (Phi) is 12.9. The fourth-order valence-electron chi connectivity index (χ4n) is 2.31. The molecule has 6 nitrogen and oxygen atoms in total. The van der Waals surface area contributed by atoms with Crippen molar-refractivity contribution >= 4 is 35.2 Å². The lowest BCUT2D eigenvalue weighted by molar-refractivity contribution is 0.735. The summed E-state index contributed by atoms with van der Waals surface area (Å²) in [7, 11) is 0. The van der Waals surface area contributed by atoms with Crippen molar-refractivity contribution in [1.82, 2.24) is 20.0 Å². The maximum Gasteiger partial charge on any atom is 0.261 e. The molecule has 0 unspecified atom stereocenters. The topological polar surface area (TPSA) is 72.2 Å². The number of aromatic nitrogens is 3. The van der Waals surface area contributed by atoms with Crippen LogP contribution in [0.5, 0.6) is 0 Å². The Morgan fingerprint density at radius 3 is 2.25 bits per heavy atom. The van der Waals surface area contributed by atoms with Gasteiger partial charge in [0.05, 0.1) is 17.0 Å². The van der Waals surface area contributed by atoms with Crippen LogP contribution in [0.2, 0.25) is 0 Å². The summed E-state index contributed by atoms with van der Waals surface area (Å²) in [5.74, 6) is 0. The quantitative estimate of drug-likeness (QED) is 0.319. The minimum absolute atomic E-state index is 0.107. The first-order valence-corrected chi connectivity index (χ1v) is 11.0. The molecule has 0 aromatic carbocycles. The van der Waals surface area contributed by atoms with Crippen molar-refractivity contribution in [1.29, 1.82) is 0 Å². The van der Waals surface area contributed by atoms with Crippen LogP contribution in [0.15, 0.2) is 27.2 Å². The van der Waals surface area contributed by atoms with Crippen LogP contribution < -0.4 is 11.0 Å². The van der Waals surface area contributed by atoms with E-state index in [0.717, 1.165) is 11.1 Å². The molecule has 2 aromatic heterocycles. The molecule has 1 N–H and O–H groups in total. The summed E-state index contributed by atoms with van der Waals surface area (Å²) in [6, 6.07) is 1.82. The second kappa shape index (κ2) is 13.9. The van der Waals surface area contributed by atoms with Gasteiger partial charge in [0.25, 0.3) is 5.56 Å². The molecule has 0 atom stereocenters. The van der Waals surface area contributed by atoms with Gasteiger partial charge in [-0.15, -0.1) is 0 Å². The Balaban J connectivity index is 0.00000108. The standard InChI is InChI=1S/C15H19N5OS.2C3H8/c1-6-12(19-16-4)11-8-10-9(3)17-15(22-5)18-13(10)20(7-2)14(11)21;2*1-3-2/h6,8,19H,4,7H2,1-3,5H3;2*3H2,1-2H3/b12-6-;;. The number of rotatable bonds is 5. The summed E-state index contributed by atoms with van der Waals surface area (Å²) < 4.78 is 1.66. The minimum Gasteiger partial charge on any atom is -0.292 e. The number of pyridine rings is 1. The van der Waals surface area contributed by atoms with E-state index in [2.05, 4.69) is 54.9 Å². The predicted molar refractivity (Wildman–Crippen MR) is 124 cm³/mol. The summed E-state index contributed by atoms with van der Waals surface area (Å²) in [5, 5.41) is 5.18. The van der Waals surface area contributed by atoms with Gasteiger partial charge in [0.2, 0.25) is 0 Å². The van der Waals surface area contributed by atoms with Crippen LogP contribution in [-0.4, -0.2) is 27.5 Å². The molecular weight excluding hydrogens is 370 g/mol. The molecule has 156 valence electrons. The van der Waals surface area contributed by atoms with E-state index in [9.17, 15) is 4.79 Å². The third kappa shape index (κ3) is 6.78. The van der Waals surface area contributed by atoms with E-state index in [-0.39, 0.29) is 5.56 Å². The molecule has 0 bridgehead atoms. The molecular formula is C21H35N5OS. The van der Waals surface area contributed by atoms with Gasteiger partial charge in [0, 0.05) is 18.6 Å². The molecule has 0 saturated carbocycles. The fraction of sp³-hybridized carbons (Fsp3) is 0.524. The van der Waals surface area contributed by atoms with Crippen LogP contribution in [-0.2, 0) is 6.54 Å². The van der Waals surface area contributed by atoms with Crippen molar-refractivity contribution in [3.8, 4) is 0 Å². The summed E-state index contributed by atoms with van der Waals surface area (Å²) in [6.07, 6.45) is 6.21. The first-order valence-electron chi connectivity index (χ1n) is 9.74. The number of hydrazone groups is 1. The molecule has 2 aromatic rings. The van der Waals surface area contributed by atoms with Crippen molar-refractivity contribution in [2.75, 3.05) is 6.26 Å². The van der Waals surface area contributed by atoms with Gasteiger partial charge in [0.15, 0.2) is 5.16 Å². The average Bonchev–Trinajstić information content (AvgIpc) is 2.67. The van der Waals surface area contributed by atoms with Gasteiger partial charge in [-0.2, -0.15) is 5.10 Å². The molecule has 0 radical (unpaired) electrons. The Hall–Kier alpha value is -2.15. The number of fused-ring (bicyclic) bond motifs is 1. The van der Waals surface area contributed by atoms with Gasteiger partial charge >= 0.3 is 0 Å². The van der Waals surface area contributed by atoms with E-state index in [0.29, 0.717) is 28.6 Å². The van der Waals surface area contributed by atoms with E-state index in [1.165, 1.54) is 24.6 Å². The van der Waals surface area contributed by atoms with Crippen LogP contribution >= 0.6 is 11.8 Å². The maximum absolute atomic E-state index is 12.8. The lowest BCUT2D eigenvalue weighted by atomic mass is 10.1. The van der Waals surface area contributed by atoms with E-state index in [4.69, 9.17) is 0 Å². The van der Waals surface area contributed by atoms with E-state index < -0.39 is 0 Å². The van der Waals surface area contributed by atoms with Gasteiger partial charge < -0.3 is 0 Å². The SMILES string of the molecule is C=NN/C(=C\C)c1cc2c(C)nc(SC)nc2n(CC)c1=O.CCC.CCC. The third-order valence-electron chi connectivity index (χ3n) is 3.39. The number of hydrogen-bond donors (Lipinski definition) is 1. The lowest BCUT2D eigenvalue weighted by Gasteiger charge is -2.14. The largest absolute Gasteiger partial charge is 0.292 e. The molecule has 0 aliphatic carbocycles. The molecule has 0 spiro atoms. The van der Waals surface area contributed by atoms with Gasteiger partial charge in [0.1, 0.15) is 5.65 Å². The number of thioether (sulfide) groups is 1. The summed E-state index contributed by atoms with van der Waals surface area (Å²) in [6.45, 7) is 18.1. The van der Waals surface area contributed by atoms with Crippen LogP contribution in [0.4, 0.5) is 0 Å². The lowest BCUT2D eigenvalue weighted by Crippen LogP contribution is -2.26. The van der Waals surface area contributed by atoms with Crippen LogP contribution in [0, 0.1) is 6.92 Å². The zero-order valence-corrected chi connectivity index (χ0v) is 19.4. The van der Waals surface area contributed by atoms with Crippen molar-refractivity contribution in [2.45, 2.75) is 73.0 Å². The molecule has 0 fully saturated rings. The third-order valence-corrected chi connectivity index (χ3v) is 3.94. The van der Waals surface area contributed by atoms with Gasteiger partial charge in [-0.3, -0.25) is 14.8 Å². The molecule has 0 amide bonds. The van der Waals surface area contributed by atoms with E-state index in [1.807, 2.05) is 33.1 Å². The highest BCUT2D eigenvalue weighted by Crippen LogP contribution is 2.21. The smallest absolute Gasteiger partial charge is 0.261 e. The zero-order valence-electron chi connectivity index (χ0n) is 18.6. The van der Waals surface area contributed by atoms with Crippen molar-refractivity contribution < 1.29 is 0 Å². The normalized spacial score (nSPS) is 10.5. The van der Waals surface area contributed by atoms with Crippen molar-refractivity contribution in [3.63, 3.8) is 0 Å². The second-order valence-electron chi connectivity index (χ2n) is 6.03. The van der Waals surface area contributed by atoms with Gasteiger partial charge in [-0.1, -0.05) is 58.4 Å². The highest BCUT2D eigenvalue weighted by molar-refractivity contribution is 7.98.